The van der Waals surface area contributed by atoms with Crippen molar-refractivity contribution in [2.45, 2.75) is 124 Å². The van der Waals surface area contributed by atoms with Crippen molar-refractivity contribution in [2.75, 3.05) is 0 Å². The van der Waals surface area contributed by atoms with E-state index in [2.05, 4.69) is 11.9 Å². The van der Waals surface area contributed by atoms with Crippen molar-refractivity contribution in [3.8, 4) is 0 Å². The minimum absolute atomic E-state index is 0.261. The van der Waals surface area contributed by atoms with Crippen molar-refractivity contribution >= 4 is 12.1 Å². The van der Waals surface area contributed by atoms with E-state index in [1.165, 1.54) is 64.5 Å². The van der Waals surface area contributed by atoms with Gasteiger partial charge in [0.1, 0.15) is 5.60 Å². The van der Waals surface area contributed by atoms with E-state index in [1.807, 2.05) is 0 Å². The molecule has 0 aliphatic rings. The lowest BCUT2D eigenvalue weighted by atomic mass is 10.0. The average Bonchev–Trinajstić information content (AvgIpc) is 3.05. The van der Waals surface area contributed by atoms with E-state index in [0.717, 1.165) is 19.3 Å². The summed E-state index contributed by atoms with van der Waals surface area (Å²) in [4.78, 5) is 26.5. The number of rotatable bonds is 15. The fourth-order valence-corrected chi connectivity index (χ4v) is 3.40. The van der Waals surface area contributed by atoms with Crippen molar-refractivity contribution in [3.63, 3.8) is 0 Å². The molecular weight excluding hydrogens is 413 g/mol. The fourth-order valence-electron chi connectivity index (χ4n) is 3.40. The molecule has 0 aliphatic heterocycles. The number of carbonyl (C=O) groups is 2. The van der Waals surface area contributed by atoms with Crippen LogP contribution < -0.4 is 0 Å². The van der Waals surface area contributed by atoms with Crippen LogP contribution in [0.2, 0.25) is 0 Å². The number of H-pyrrole nitrogens is 1. The second-order valence-corrected chi connectivity index (χ2v) is 9.34. The highest BCUT2D eigenvalue weighted by Crippen LogP contribution is 2.18. The zero-order valence-corrected chi connectivity index (χ0v) is 20.6. The Balaban J connectivity index is 2.26. The van der Waals surface area contributed by atoms with Crippen molar-refractivity contribution in [3.05, 3.63) is 23.3 Å². The SMILES string of the molecule is CCCCCCCCCCCCCc1c[nH]c(C(=O)OC(C)OC(=O)OC(C)(C)C)c1F. The number of ether oxygens (including phenoxy) is 3. The van der Waals surface area contributed by atoms with Gasteiger partial charge in [-0.25, -0.2) is 14.0 Å². The Kier molecular flexibility index (Phi) is 13.0. The number of aromatic amines is 1. The van der Waals surface area contributed by atoms with Gasteiger partial charge >= 0.3 is 12.1 Å². The van der Waals surface area contributed by atoms with E-state index in [-0.39, 0.29) is 5.69 Å². The van der Waals surface area contributed by atoms with Crippen molar-refractivity contribution in [1.29, 1.82) is 0 Å². The molecule has 0 saturated carbocycles. The Bertz CT molecular complexity index is 680. The third kappa shape index (κ3) is 12.1. The topological polar surface area (TPSA) is 77.6 Å². The van der Waals surface area contributed by atoms with Crippen LogP contribution in [0.1, 0.15) is 121 Å². The van der Waals surface area contributed by atoms with Gasteiger partial charge in [-0.15, -0.1) is 0 Å². The summed E-state index contributed by atoms with van der Waals surface area (Å²) >= 11 is 0. The van der Waals surface area contributed by atoms with Crippen LogP contribution in [0.15, 0.2) is 6.20 Å². The molecule has 0 aromatic carbocycles. The van der Waals surface area contributed by atoms with Crippen LogP contribution in [0.25, 0.3) is 0 Å². The second-order valence-electron chi connectivity index (χ2n) is 9.34. The molecule has 0 aliphatic carbocycles. The molecule has 32 heavy (non-hydrogen) atoms. The van der Waals surface area contributed by atoms with Crippen LogP contribution in [0.5, 0.6) is 0 Å². The van der Waals surface area contributed by atoms with Gasteiger partial charge in [-0.1, -0.05) is 71.1 Å². The first-order valence-electron chi connectivity index (χ1n) is 12.1. The lowest BCUT2D eigenvalue weighted by molar-refractivity contribution is -0.0978. The number of carbonyl (C=O) groups excluding carboxylic acids is 2. The molecule has 0 spiro atoms. The van der Waals surface area contributed by atoms with Crippen LogP contribution in [0.3, 0.4) is 0 Å². The summed E-state index contributed by atoms with van der Waals surface area (Å²) < 4.78 is 29.4. The molecule has 1 aromatic rings. The molecule has 0 saturated heterocycles. The summed E-state index contributed by atoms with van der Waals surface area (Å²) in [5, 5.41) is 0. The molecule has 1 aromatic heterocycles. The average molecular weight is 456 g/mol. The number of hydrogen-bond acceptors (Lipinski definition) is 5. The molecule has 1 unspecified atom stereocenters. The maximum absolute atomic E-state index is 14.6. The second kappa shape index (κ2) is 14.9. The fraction of sp³-hybridized carbons (Fsp3) is 0.760. The number of aryl methyl sites for hydroxylation is 1. The largest absolute Gasteiger partial charge is 0.511 e. The van der Waals surface area contributed by atoms with E-state index >= 15 is 0 Å². The Labute approximate surface area is 192 Å². The van der Waals surface area contributed by atoms with E-state index in [0.29, 0.717) is 12.0 Å². The van der Waals surface area contributed by atoms with Crippen LogP contribution in [-0.2, 0) is 20.6 Å². The molecule has 0 amide bonds. The maximum Gasteiger partial charge on any atom is 0.511 e. The third-order valence-electron chi connectivity index (χ3n) is 5.07. The van der Waals surface area contributed by atoms with E-state index in [4.69, 9.17) is 14.2 Å². The van der Waals surface area contributed by atoms with Crippen LogP contribution in [0.4, 0.5) is 9.18 Å². The minimum Gasteiger partial charge on any atom is -0.428 e. The zero-order valence-electron chi connectivity index (χ0n) is 20.6. The summed E-state index contributed by atoms with van der Waals surface area (Å²) in [6, 6.07) is 0. The first kappa shape index (κ1) is 28.0. The number of aromatic nitrogens is 1. The molecule has 0 bridgehead atoms. The smallest absolute Gasteiger partial charge is 0.428 e. The van der Waals surface area contributed by atoms with Gasteiger partial charge in [-0.3, -0.25) is 0 Å². The molecule has 1 N–H and O–H groups in total. The summed E-state index contributed by atoms with van der Waals surface area (Å²) in [7, 11) is 0. The molecule has 0 radical (unpaired) electrons. The van der Waals surface area contributed by atoms with Gasteiger partial charge in [0.15, 0.2) is 11.5 Å². The zero-order chi connectivity index (χ0) is 24.0. The lowest BCUT2D eigenvalue weighted by Crippen LogP contribution is -2.28. The molecule has 1 atom stereocenters. The molecular formula is C25H42FNO5. The highest BCUT2D eigenvalue weighted by molar-refractivity contribution is 5.88. The molecule has 6 nitrogen and oxygen atoms in total. The summed E-state index contributed by atoms with van der Waals surface area (Å²) in [6.45, 7) is 8.67. The molecule has 0 fully saturated rings. The van der Waals surface area contributed by atoms with Gasteiger partial charge in [-0.05, 0) is 33.6 Å². The Morgan fingerprint density at radius 1 is 0.938 bits per heavy atom. The maximum atomic E-state index is 14.6. The monoisotopic (exact) mass is 455 g/mol. The van der Waals surface area contributed by atoms with Crippen LogP contribution >= 0.6 is 0 Å². The standard InChI is InChI=1S/C25H42FNO5/c1-6-7-8-9-10-11-12-13-14-15-16-17-20-18-27-22(21(20)26)23(28)30-19(2)31-24(29)32-25(3,4)5/h18-19,27H,6-17H2,1-5H3. The van der Waals surface area contributed by atoms with Crippen molar-refractivity contribution in [2.24, 2.45) is 0 Å². The highest BCUT2D eigenvalue weighted by atomic mass is 19.1. The molecule has 1 rings (SSSR count). The Morgan fingerprint density at radius 3 is 2.00 bits per heavy atom. The number of nitrogens with one attached hydrogen (secondary N) is 1. The van der Waals surface area contributed by atoms with Gasteiger partial charge in [0.05, 0.1) is 0 Å². The Morgan fingerprint density at radius 2 is 1.47 bits per heavy atom. The minimum atomic E-state index is -1.20. The quantitative estimate of drug-likeness (QED) is 0.169. The normalized spacial score (nSPS) is 12.4. The van der Waals surface area contributed by atoms with Gasteiger partial charge in [0, 0.05) is 18.7 Å². The van der Waals surface area contributed by atoms with E-state index < -0.39 is 29.8 Å². The van der Waals surface area contributed by atoms with Crippen LogP contribution in [0, 0.1) is 5.82 Å². The number of hydrogen-bond donors (Lipinski definition) is 1. The predicted molar refractivity (Wildman–Crippen MR) is 123 cm³/mol. The van der Waals surface area contributed by atoms with Gasteiger partial charge in [0.2, 0.25) is 6.29 Å². The van der Waals surface area contributed by atoms with E-state index in [1.54, 1.807) is 20.8 Å². The van der Waals surface area contributed by atoms with Gasteiger partial charge < -0.3 is 19.2 Å². The first-order valence-corrected chi connectivity index (χ1v) is 12.1. The highest BCUT2D eigenvalue weighted by Gasteiger charge is 2.24. The lowest BCUT2D eigenvalue weighted by Gasteiger charge is -2.20. The van der Waals surface area contributed by atoms with Crippen molar-refractivity contribution < 1.29 is 28.2 Å². The van der Waals surface area contributed by atoms with Gasteiger partial charge in [0.25, 0.3) is 0 Å². The first-order chi connectivity index (χ1) is 15.1. The number of unbranched alkanes of at least 4 members (excludes halogenated alkanes) is 10. The van der Waals surface area contributed by atoms with Crippen LogP contribution in [-0.4, -0.2) is 29.0 Å². The number of esters is 1. The molecule has 7 heteroatoms. The number of halogens is 1. The van der Waals surface area contributed by atoms with Gasteiger partial charge in [-0.2, -0.15) is 0 Å². The van der Waals surface area contributed by atoms with E-state index in [9.17, 15) is 14.0 Å². The Hall–Kier alpha value is -2.05. The molecule has 1 heterocycles. The summed E-state index contributed by atoms with van der Waals surface area (Å²) in [5.74, 6) is -1.52. The third-order valence-corrected chi connectivity index (χ3v) is 5.07. The summed E-state index contributed by atoms with van der Waals surface area (Å²) in [6.07, 6.45) is 13.4. The van der Waals surface area contributed by atoms with Crippen molar-refractivity contribution in [1.82, 2.24) is 4.98 Å². The predicted octanol–water partition coefficient (Wildman–Crippen LogP) is 7.46. The molecule has 184 valence electrons. The summed E-state index contributed by atoms with van der Waals surface area (Å²) in [5.41, 5.74) is -0.522.